The standard InChI is InChI=1S/C22H38Cl2N4O4Si2.C18H24N4O4.C12H14Cl2N4O2.C12H16N4O4.C3H6O.Cl5P/c1-21(17-25,11-9-19(29)31-13-7-15-33(3,4)23)27-28-22(2,18-26)12-10-20(30)32-14-8-16-34(5,6)24;1-5-11-25-15(23)7-9-17(3,13-19)21-22-18(4,14-20)10-8-16(24)26-12-6-2;1-11(7-15,5-3-9(13)19)17-18-12(2,8-16)6-4-10(14)20;1-11(7-13,5-3-9(17)18)15-16-12(2,8-14)6-4-10(19)20;1-2-3-4;1-6(2,3,4)5/h7-16H2,1-6H3;5-6H,1-2,7-12H2,3-4H3;3-6H2,1-2H3;3-6H2,1-2H3,(H,17,18)(H,19,20);2,4H,1,3H2;. The Morgan fingerprint density at radius 1 is 0.382 bits per heavy atom. The number of halogens is 9. The zero-order valence-corrected chi connectivity index (χ0v) is 73.5. The summed E-state index contributed by atoms with van der Waals surface area (Å²) in [7, 11) is -3.39. The number of hydrogen-bond acceptors (Lipinski definition) is 29. The second-order valence-electron chi connectivity index (χ2n) is 26.5. The number of carbonyl (C=O) groups excluding carboxylic acids is 6. The third-order valence-corrected chi connectivity index (χ3v) is 18.2. The summed E-state index contributed by atoms with van der Waals surface area (Å²) in [6, 6.07) is 17.3. The van der Waals surface area contributed by atoms with Gasteiger partial charge in [-0.2, -0.15) is 105 Å². The van der Waals surface area contributed by atoms with Crippen LogP contribution in [0.4, 0.5) is 0 Å². The topological polar surface area (TPSA) is 523 Å². The summed E-state index contributed by atoms with van der Waals surface area (Å²) in [4.78, 5) is 89.5. The second kappa shape index (κ2) is 57.2. The molecule has 8 atom stereocenters. The van der Waals surface area contributed by atoms with Gasteiger partial charge in [-0.25, -0.2) is 0 Å². The van der Waals surface area contributed by atoms with E-state index in [2.05, 4.69) is 60.7 Å². The Hall–Kier alpha value is -6.87. The van der Waals surface area contributed by atoms with E-state index in [0.29, 0.717) is 26.1 Å². The molecule has 0 saturated heterocycles. The Morgan fingerprint density at radius 2 is 0.555 bits per heavy atom. The first-order valence-corrected chi connectivity index (χ1v) is 49.1. The number of esters is 4. The van der Waals surface area contributed by atoms with E-state index in [-0.39, 0.29) is 123 Å². The fourth-order valence-electron chi connectivity index (χ4n) is 6.62. The van der Waals surface area contributed by atoms with E-state index in [1.807, 2.05) is 74.7 Å². The van der Waals surface area contributed by atoms with Crippen LogP contribution in [0.15, 0.2) is 78.9 Å². The number of carboxylic acid groups (broad SMARTS) is 2. The van der Waals surface area contributed by atoms with Crippen molar-refractivity contribution in [3.63, 3.8) is 0 Å². The van der Waals surface area contributed by atoms with Crippen LogP contribution < -0.4 is 0 Å². The predicted molar refractivity (Wildman–Crippen MR) is 426 cm³/mol. The Morgan fingerprint density at radius 3 is 0.700 bits per heavy atom. The van der Waals surface area contributed by atoms with E-state index in [1.165, 1.54) is 59.8 Å². The Balaban J connectivity index is -0.000000320. The molecule has 0 aliphatic rings. The van der Waals surface area contributed by atoms with Gasteiger partial charge < -0.3 is 34.3 Å². The van der Waals surface area contributed by atoms with Crippen molar-refractivity contribution in [2.75, 3.05) is 33.0 Å². The van der Waals surface area contributed by atoms with E-state index < -0.39 is 109 Å². The third-order valence-electron chi connectivity index (χ3n) is 13.6. The Bertz CT molecular complexity index is 3210. The molecule has 0 fully saturated rings. The molecule has 8 unspecified atom stereocenters. The summed E-state index contributed by atoms with van der Waals surface area (Å²) in [5.41, 5.74) is -10.3. The summed E-state index contributed by atoms with van der Waals surface area (Å²) in [5, 5.41) is 129. The minimum atomic E-state index is -3.69. The SMILES string of the molecule is C=CCO.C=CCOC(=O)CCC(C)(C#N)N=NC(C)(C#N)CCC(=O)OCC=C.CC(C#N)(CCC(=O)Cl)N=NC(C)(C#N)CCC(=O)Cl.CC(C#N)(CCC(=O)O)N=NC(C)(C#N)CCC(=O)O.CC(C#N)(CCC(=O)OCCC[Si](C)(C)Cl)N=NC(C)(C#N)CCC(=O)OCCC[Si](C)(C)Cl.ClP(Cl)(Cl)(Cl)Cl. The molecule has 31 nitrogen and oxygen atoms in total. The van der Waals surface area contributed by atoms with Crippen molar-refractivity contribution in [1.29, 1.82) is 42.1 Å². The van der Waals surface area contributed by atoms with Crippen LogP contribution in [-0.4, -0.2) is 154 Å². The van der Waals surface area contributed by atoms with Crippen LogP contribution >= 0.6 is 105 Å². The minimum absolute atomic E-state index is 0.00232. The summed E-state index contributed by atoms with van der Waals surface area (Å²) in [6.07, 6.45) is 5.67. The van der Waals surface area contributed by atoms with Gasteiger partial charge in [-0.05, 0) is 155 Å². The number of carboxylic acids is 2. The molecule has 0 heterocycles. The Labute approximate surface area is 689 Å². The number of nitrogens with zero attached hydrogens (tertiary/aromatic N) is 16. The van der Waals surface area contributed by atoms with Crippen molar-refractivity contribution in [1.82, 2.24) is 0 Å². The molecule has 0 aliphatic heterocycles. The van der Waals surface area contributed by atoms with Crippen LogP contribution in [-0.2, 0) is 57.3 Å². The molecule has 0 spiro atoms. The van der Waals surface area contributed by atoms with Crippen molar-refractivity contribution in [2.24, 2.45) is 40.9 Å². The maximum absolute atomic E-state index is 12.0. The van der Waals surface area contributed by atoms with Crippen molar-refractivity contribution >= 4 is 166 Å². The molecule has 0 aromatic carbocycles. The maximum atomic E-state index is 12.0. The molecule has 0 radical (unpaired) electrons. The van der Waals surface area contributed by atoms with Gasteiger partial charge in [0, 0.05) is 51.4 Å². The van der Waals surface area contributed by atoms with Crippen molar-refractivity contribution in [3.8, 4) is 48.6 Å². The van der Waals surface area contributed by atoms with Crippen LogP contribution in [0.3, 0.4) is 0 Å². The van der Waals surface area contributed by atoms with Crippen LogP contribution in [0.2, 0.25) is 38.3 Å². The molecule has 110 heavy (non-hydrogen) atoms. The number of hydrogen-bond donors (Lipinski definition) is 3. The van der Waals surface area contributed by atoms with Gasteiger partial charge in [-0.1, -0.05) is 57.6 Å². The summed E-state index contributed by atoms with van der Waals surface area (Å²) < 4.78 is 16.4. The molecule has 612 valence electrons. The fraction of sp³-hybridized carbons (Fsp3) is 0.672. The number of rotatable bonds is 45. The zero-order chi connectivity index (χ0) is 87.0. The quantitative estimate of drug-likeness (QED) is 0.00586. The van der Waals surface area contributed by atoms with E-state index in [9.17, 15) is 59.4 Å². The van der Waals surface area contributed by atoms with E-state index in [1.54, 1.807) is 13.8 Å². The number of aliphatic carboxylic acids is 2. The molecule has 0 aromatic heterocycles. The molecule has 0 aromatic rings. The van der Waals surface area contributed by atoms with Crippen LogP contribution in [0.5, 0.6) is 0 Å². The van der Waals surface area contributed by atoms with Crippen molar-refractivity contribution < 1.29 is 72.6 Å². The van der Waals surface area contributed by atoms with E-state index in [4.69, 9.17) is 157 Å². The monoisotopic (exact) mass is 1770 g/mol. The number of aliphatic hydroxyl groups is 1. The average Bonchev–Trinajstić information content (AvgIpc) is 0.877. The third kappa shape index (κ3) is 72.7. The first kappa shape index (κ1) is 114. The molecule has 0 bridgehead atoms. The summed E-state index contributed by atoms with van der Waals surface area (Å²) >= 11 is 47.8. The fourth-order valence-corrected chi connectivity index (χ4v) is 9.59. The number of carbonyl (C=O) groups is 8. The van der Waals surface area contributed by atoms with Gasteiger partial charge in [0.25, 0.3) is 0 Å². The van der Waals surface area contributed by atoms with Crippen molar-refractivity contribution in [3.05, 3.63) is 38.0 Å². The average molecular weight is 1770 g/mol. The molecule has 3 N–H and O–H groups in total. The number of nitriles is 8. The first-order chi connectivity index (χ1) is 50.2. The second-order valence-corrected chi connectivity index (χ2v) is 58.0. The molecule has 0 saturated carbocycles. The van der Waals surface area contributed by atoms with Gasteiger partial charge in [-0.3, -0.25) is 38.4 Å². The van der Waals surface area contributed by atoms with Gasteiger partial charge in [0.2, 0.25) is 10.5 Å². The summed E-state index contributed by atoms with van der Waals surface area (Å²) in [5.74, 6) is -3.91. The number of azo groups is 4. The van der Waals surface area contributed by atoms with Crippen molar-refractivity contribution in [2.45, 2.75) is 254 Å². The van der Waals surface area contributed by atoms with Gasteiger partial charge in [0.15, 0.2) is 59.1 Å². The van der Waals surface area contributed by atoms with Gasteiger partial charge >= 0.3 is 95.4 Å². The number of aliphatic hydroxyl groups excluding tert-OH is 1. The molecule has 0 amide bonds. The molecule has 0 aliphatic carbocycles. The van der Waals surface area contributed by atoms with Gasteiger partial charge in [0.1, 0.15) is 13.2 Å². The van der Waals surface area contributed by atoms with Crippen LogP contribution in [0, 0.1) is 90.6 Å². The number of ether oxygens (including phenoxy) is 4. The summed E-state index contributed by atoms with van der Waals surface area (Å²) in [6.45, 7) is 31.0. The first-order valence-electron chi connectivity index (χ1n) is 33.2. The molecule has 43 heteroatoms. The van der Waals surface area contributed by atoms with E-state index in [0.717, 1.165) is 12.1 Å². The predicted octanol–water partition coefficient (Wildman–Crippen LogP) is 18.6. The molecular formula is C67H98Cl9N16O15PSi2. The zero-order valence-electron chi connectivity index (χ0n) is 63.8. The van der Waals surface area contributed by atoms with Gasteiger partial charge in [-0.15, -0.1) is 6.58 Å². The molecule has 0 rings (SSSR count). The van der Waals surface area contributed by atoms with E-state index >= 15 is 0 Å². The van der Waals surface area contributed by atoms with Crippen LogP contribution in [0.25, 0.3) is 0 Å². The molecular weight excluding hydrogens is 1680 g/mol. The Kier molecular flexibility index (Phi) is 59.3. The normalized spacial score (nSPS) is 15.7. The van der Waals surface area contributed by atoms with Crippen LogP contribution in [0.1, 0.15) is 171 Å². The van der Waals surface area contributed by atoms with Gasteiger partial charge in [0.05, 0.1) is 68.4 Å².